The van der Waals surface area contributed by atoms with E-state index >= 15 is 0 Å². The van der Waals surface area contributed by atoms with Gasteiger partial charge in [-0.15, -0.1) is 0 Å². The number of hydrogen-bond acceptors (Lipinski definition) is 4. The van der Waals surface area contributed by atoms with E-state index in [2.05, 4.69) is 0 Å². The monoisotopic (exact) mass is 347 g/mol. The van der Waals surface area contributed by atoms with Crippen LogP contribution in [0.4, 0.5) is 16.2 Å². The number of para-hydroxylation sites is 2. The maximum absolute atomic E-state index is 12.8. The van der Waals surface area contributed by atoms with Crippen molar-refractivity contribution >= 4 is 23.4 Å². The van der Waals surface area contributed by atoms with Crippen LogP contribution in [0.3, 0.4) is 0 Å². The average Bonchev–Trinajstić information content (AvgIpc) is 2.69. The molecule has 0 aliphatic heterocycles. The lowest BCUT2D eigenvalue weighted by Gasteiger charge is -2.22. The molecule has 0 aromatic heterocycles. The Kier molecular flexibility index (Phi) is 5.26. The number of nitrogens with two attached hydrogens (primary N) is 1. The van der Waals surface area contributed by atoms with Gasteiger partial charge in [-0.1, -0.05) is 42.5 Å². The third kappa shape index (κ3) is 3.88. The molecule has 3 N–H and O–H groups in total. The first-order valence-corrected chi connectivity index (χ1v) is 7.92. The van der Waals surface area contributed by atoms with Crippen LogP contribution in [0.25, 0.3) is 0 Å². The number of ether oxygens (including phenoxy) is 1. The summed E-state index contributed by atoms with van der Waals surface area (Å²) >= 11 is 0. The van der Waals surface area contributed by atoms with E-state index in [-0.39, 0.29) is 5.75 Å². The van der Waals surface area contributed by atoms with Gasteiger partial charge in [-0.05, 0) is 42.5 Å². The molecule has 0 aliphatic carbocycles. The van der Waals surface area contributed by atoms with E-state index in [9.17, 15) is 9.59 Å². The SMILES string of the molecule is NNC(=O)c1cccc(OC(=O)N(c2ccccc2)c2ccccc2)c1. The van der Waals surface area contributed by atoms with Gasteiger partial charge in [0.2, 0.25) is 0 Å². The number of anilines is 2. The first-order chi connectivity index (χ1) is 12.7. The molecule has 26 heavy (non-hydrogen) atoms. The van der Waals surface area contributed by atoms with E-state index in [1.807, 2.05) is 66.1 Å². The van der Waals surface area contributed by atoms with Crippen molar-refractivity contribution < 1.29 is 14.3 Å². The fourth-order valence-corrected chi connectivity index (χ4v) is 2.44. The second kappa shape index (κ2) is 7.96. The molecule has 3 aromatic carbocycles. The zero-order chi connectivity index (χ0) is 18.4. The van der Waals surface area contributed by atoms with Gasteiger partial charge in [0.05, 0.1) is 11.4 Å². The van der Waals surface area contributed by atoms with Crippen molar-refractivity contribution in [3.8, 4) is 5.75 Å². The molecule has 0 aliphatic rings. The van der Waals surface area contributed by atoms with Gasteiger partial charge in [-0.25, -0.2) is 15.5 Å². The Morgan fingerprint density at radius 2 is 1.38 bits per heavy atom. The van der Waals surface area contributed by atoms with Crippen LogP contribution in [0.1, 0.15) is 10.4 Å². The molecular formula is C20H17N3O3. The number of carbonyl (C=O) groups excluding carboxylic acids is 2. The summed E-state index contributed by atoms with van der Waals surface area (Å²) in [4.78, 5) is 25.9. The molecule has 6 nitrogen and oxygen atoms in total. The van der Waals surface area contributed by atoms with Crippen LogP contribution in [0.5, 0.6) is 5.75 Å². The number of nitrogen functional groups attached to an aromatic ring is 1. The van der Waals surface area contributed by atoms with Gasteiger partial charge in [-0.3, -0.25) is 10.2 Å². The molecule has 0 spiro atoms. The summed E-state index contributed by atoms with van der Waals surface area (Å²) in [6.07, 6.45) is -0.590. The van der Waals surface area contributed by atoms with Gasteiger partial charge in [0.1, 0.15) is 5.75 Å². The standard InChI is InChI=1S/C20H17N3O3/c21-22-19(24)15-8-7-13-18(14-15)26-20(25)23(16-9-3-1-4-10-16)17-11-5-2-6-12-17/h1-14H,21H2,(H,22,24). The van der Waals surface area contributed by atoms with Crippen LogP contribution in [-0.2, 0) is 0 Å². The number of benzene rings is 3. The molecule has 0 unspecified atom stereocenters. The summed E-state index contributed by atoms with van der Waals surface area (Å²) < 4.78 is 5.49. The topological polar surface area (TPSA) is 84.7 Å². The summed E-state index contributed by atoms with van der Waals surface area (Å²) in [5, 5.41) is 0. The van der Waals surface area contributed by atoms with Crippen LogP contribution in [0, 0.1) is 0 Å². The molecule has 0 fully saturated rings. The van der Waals surface area contributed by atoms with Crippen LogP contribution in [0.2, 0.25) is 0 Å². The Bertz CT molecular complexity index is 859. The van der Waals surface area contributed by atoms with Gasteiger partial charge in [-0.2, -0.15) is 0 Å². The fraction of sp³-hybridized carbons (Fsp3) is 0. The molecule has 0 saturated carbocycles. The van der Waals surface area contributed by atoms with Crippen molar-refractivity contribution in [2.24, 2.45) is 5.84 Å². The third-order valence-corrected chi connectivity index (χ3v) is 3.64. The van der Waals surface area contributed by atoms with Gasteiger partial charge < -0.3 is 4.74 Å². The lowest BCUT2D eigenvalue weighted by atomic mass is 10.2. The van der Waals surface area contributed by atoms with Crippen molar-refractivity contribution in [2.45, 2.75) is 0 Å². The zero-order valence-corrected chi connectivity index (χ0v) is 13.8. The minimum absolute atomic E-state index is 0.243. The van der Waals surface area contributed by atoms with E-state index in [0.717, 1.165) is 0 Å². The summed E-state index contributed by atoms with van der Waals surface area (Å²) in [6, 6.07) is 24.6. The molecule has 0 saturated heterocycles. The van der Waals surface area contributed by atoms with E-state index in [0.29, 0.717) is 16.9 Å². The lowest BCUT2D eigenvalue weighted by molar-refractivity contribution is 0.0953. The zero-order valence-electron chi connectivity index (χ0n) is 13.8. The molecule has 3 rings (SSSR count). The molecule has 0 heterocycles. The minimum Gasteiger partial charge on any atom is -0.410 e. The molecule has 0 atom stereocenters. The average molecular weight is 347 g/mol. The predicted molar refractivity (Wildman–Crippen MR) is 99.1 cm³/mol. The van der Waals surface area contributed by atoms with E-state index in [1.54, 1.807) is 18.2 Å². The highest BCUT2D eigenvalue weighted by Gasteiger charge is 2.20. The van der Waals surface area contributed by atoms with Gasteiger partial charge in [0.15, 0.2) is 0 Å². The van der Waals surface area contributed by atoms with Crippen molar-refractivity contribution in [3.63, 3.8) is 0 Å². The normalized spacial score (nSPS) is 10.0. The quantitative estimate of drug-likeness (QED) is 0.429. The molecule has 0 bridgehead atoms. The lowest BCUT2D eigenvalue weighted by Crippen LogP contribution is -2.30. The highest BCUT2D eigenvalue weighted by Crippen LogP contribution is 2.26. The first kappa shape index (κ1) is 17.2. The summed E-state index contributed by atoms with van der Waals surface area (Å²) in [6.45, 7) is 0. The fourth-order valence-electron chi connectivity index (χ4n) is 2.44. The Hall–Kier alpha value is -3.64. The predicted octanol–water partition coefficient (Wildman–Crippen LogP) is 3.63. The van der Waals surface area contributed by atoms with Gasteiger partial charge in [0.25, 0.3) is 5.91 Å². The maximum Gasteiger partial charge on any atom is 0.424 e. The highest BCUT2D eigenvalue weighted by atomic mass is 16.6. The number of rotatable bonds is 4. The molecule has 130 valence electrons. The van der Waals surface area contributed by atoms with Gasteiger partial charge in [0, 0.05) is 5.56 Å². The minimum atomic E-state index is -0.590. The summed E-state index contributed by atoms with van der Waals surface area (Å²) in [5.74, 6) is 4.92. The highest BCUT2D eigenvalue weighted by molar-refractivity contribution is 5.97. The van der Waals surface area contributed by atoms with Gasteiger partial charge >= 0.3 is 6.09 Å². The third-order valence-electron chi connectivity index (χ3n) is 3.64. The number of nitrogens with one attached hydrogen (secondary N) is 1. The van der Waals surface area contributed by atoms with Crippen LogP contribution in [0.15, 0.2) is 84.9 Å². The van der Waals surface area contributed by atoms with E-state index < -0.39 is 12.0 Å². The second-order valence-corrected chi connectivity index (χ2v) is 5.38. The second-order valence-electron chi connectivity index (χ2n) is 5.38. The number of nitrogens with zero attached hydrogens (tertiary/aromatic N) is 1. The Morgan fingerprint density at radius 1 is 0.808 bits per heavy atom. The number of hydrogen-bond donors (Lipinski definition) is 2. The van der Waals surface area contributed by atoms with E-state index in [1.165, 1.54) is 11.0 Å². The smallest absolute Gasteiger partial charge is 0.410 e. The number of hydrazine groups is 1. The van der Waals surface area contributed by atoms with Crippen molar-refractivity contribution in [2.75, 3.05) is 4.90 Å². The van der Waals surface area contributed by atoms with E-state index in [4.69, 9.17) is 10.6 Å². The molecule has 3 aromatic rings. The number of carbonyl (C=O) groups is 2. The van der Waals surface area contributed by atoms with Crippen molar-refractivity contribution in [1.82, 2.24) is 5.43 Å². The largest absolute Gasteiger partial charge is 0.424 e. The number of amides is 2. The van der Waals surface area contributed by atoms with Crippen LogP contribution in [-0.4, -0.2) is 12.0 Å². The van der Waals surface area contributed by atoms with Crippen LogP contribution >= 0.6 is 0 Å². The Morgan fingerprint density at radius 3 is 1.92 bits per heavy atom. The first-order valence-electron chi connectivity index (χ1n) is 7.92. The Balaban J connectivity index is 1.91. The van der Waals surface area contributed by atoms with Crippen molar-refractivity contribution in [3.05, 3.63) is 90.5 Å². The Labute approximate surface area is 150 Å². The summed E-state index contributed by atoms with van der Waals surface area (Å²) in [7, 11) is 0. The molecular weight excluding hydrogens is 330 g/mol. The molecule has 6 heteroatoms. The maximum atomic E-state index is 12.8. The molecule has 0 radical (unpaired) electrons. The molecule has 2 amide bonds. The summed E-state index contributed by atoms with van der Waals surface area (Å²) in [5.41, 5.74) is 3.67. The van der Waals surface area contributed by atoms with Crippen LogP contribution < -0.4 is 20.9 Å². The van der Waals surface area contributed by atoms with Crippen molar-refractivity contribution in [1.29, 1.82) is 0 Å².